The molecule has 20 heavy (non-hydrogen) atoms. The van der Waals surface area contributed by atoms with Crippen LogP contribution >= 0.6 is 11.6 Å². The highest BCUT2D eigenvalue weighted by Crippen LogP contribution is 2.39. The van der Waals surface area contributed by atoms with Gasteiger partial charge in [-0.3, -0.25) is 0 Å². The first-order valence-corrected chi connectivity index (χ1v) is 7.71. The Morgan fingerprint density at radius 1 is 1.45 bits per heavy atom. The Bertz CT molecular complexity index is 443. The first kappa shape index (κ1) is 15.7. The number of hydrogen-bond donors (Lipinski definition) is 1. The average Bonchev–Trinajstić information content (AvgIpc) is 2.37. The summed E-state index contributed by atoms with van der Waals surface area (Å²) >= 11 is 5.81. The molecule has 2 nitrogen and oxygen atoms in total. The van der Waals surface area contributed by atoms with Crippen LogP contribution in [0, 0.1) is 5.82 Å². The Morgan fingerprint density at radius 3 is 2.70 bits per heavy atom. The maximum Gasteiger partial charge on any atom is 0.127 e. The molecule has 0 spiro atoms. The standard InChI is InChI=1S/C16H23ClFNO/c1-3-9-19-15(16(20-2)7-4-8-16)10-12-5-6-13(17)11-14(12)18/h5-6,11,15,19H,3-4,7-10H2,1-2H3. The maximum absolute atomic E-state index is 14.0. The van der Waals surface area contributed by atoms with Gasteiger partial charge >= 0.3 is 0 Å². The Labute approximate surface area is 125 Å². The van der Waals surface area contributed by atoms with Crippen LogP contribution in [0.2, 0.25) is 5.02 Å². The van der Waals surface area contributed by atoms with E-state index in [-0.39, 0.29) is 17.5 Å². The molecule has 112 valence electrons. The highest BCUT2D eigenvalue weighted by Gasteiger charge is 2.44. The van der Waals surface area contributed by atoms with Gasteiger partial charge in [0.1, 0.15) is 5.82 Å². The number of hydrogen-bond acceptors (Lipinski definition) is 2. The number of nitrogens with one attached hydrogen (secondary N) is 1. The molecular weight excluding hydrogens is 277 g/mol. The predicted octanol–water partition coefficient (Wildman–Crippen LogP) is 3.96. The fourth-order valence-electron chi connectivity index (χ4n) is 2.89. The minimum absolute atomic E-state index is 0.138. The van der Waals surface area contributed by atoms with Gasteiger partial charge in [0.15, 0.2) is 0 Å². The van der Waals surface area contributed by atoms with Crippen LogP contribution in [0.15, 0.2) is 18.2 Å². The zero-order valence-corrected chi connectivity index (χ0v) is 13.0. The van der Waals surface area contributed by atoms with Gasteiger partial charge in [-0.2, -0.15) is 0 Å². The van der Waals surface area contributed by atoms with E-state index >= 15 is 0 Å². The Hall–Kier alpha value is -0.640. The molecule has 1 aromatic rings. The van der Waals surface area contributed by atoms with E-state index < -0.39 is 0 Å². The molecule has 1 unspecified atom stereocenters. The summed E-state index contributed by atoms with van der Waals surface area (Å²) in [5.74, 6) is -0.230. The highest BCUT2D eigenvalue weighted by atomic mass is 35.5. The van der Waals surface area contributed by atoms with Crippen molar-refractivity contribution in [2.24, 2.45) is 0 Å². The van der Waals surface area contributed by atoms with Gasteiger partial charge in [0, 0.05) is 18.2 Å². The molecule has 0 heterocycles. The average molecular weight is 300 g/mol. The zero-order valence-electron chi connectivity index (χ0n) is 12.2. The van der Waals surface area contributed by atoms with Crippen LogP contribution in [-0.2, 0) is 11.2 Å². The number of methoxy groups -OCH3 is 1. The van der Waals surface area contributed by atoms with Crippen LogP contribution in [0.25, 0.3) is 0 Å². The minimum atomic E-state index is -0.230. The second-order valence-electron chi connectivity index (χ2n) is 5.57. The molecule has 1 N–H and O–H groups in total. The first-order valence-electron chi connectivity index (χ1n) is 7.34. The second kappa shape index (κ2) is 6.88. The van der Waals surface area contributed by atoms with E-state index in [1.807, 2.05) is 0 Å². The van der Waals surface area contributed by atoms with E-state index in [1.54, 1.807) is 19.2 Å². The summed E-state index contributed by atoms with van der Waals surface area (Å²) in [6.45, 7) is 3.05. The number of halogens is 2. The molecule has 4 heteroatoms. The molecule has 1 saturated carbocycles. The minimum Gasteiger partial charge on any atom is -0.377 e. The van der Waals surface area contributed by atoms with Crippen LogP contribution in [0.5, 0.6) is 0 Å². The lowest BCUT2D eigenvalue weighted by Crippen LogP contribution is -2.57. The molecule has 1 aliphatic carbocycles. The van der Waals surface area contributed by atoms with Gasteiger partial charge in [-0.15, -0.1) is 0 Å². The van der Waals surface area contributed by atoms with Crippen molar-refractivity contribution in [2.45, 2.75) is 50.7 Å². The summed E-state index contributed by atoms with van der Waals surface area (Å²) in [5.41, 5.74) is 0.563. The van der Waals surface area contributed by atoms with Gasteiger partial charge in [0.25, 0.3) is 0 Å². The van der Waals surface area contributed by atoms with Gasteiger partial charge in [-0.1, -0.05) is 24.6 Å². The molecule has 0 bridgehead atoms. The summed E-state index contributed by atoms with van der Waals surface area (Å²) in [4.78, 5) is 0. The topological polar surface area (TPSA) is 21.3 Å². The van der Waals surface area contributed by atoms with Crippen molar-refractivity contribution >= 4 is 11.6 Å². The lowest BCUT2D eigenvalue weighted by Gasteiger charge is -2.47. The highest BCUT2D eigenvalue weighted by molar-refractivity contribution is 6.30. The number of rotatable bonds is 7. The van der Waals surface area contributed by atoms with Crippen LogP contribution in [0.1, 0.15) is 38.2 Å². The molecule has 0 radical (unpaired) electrons. The number of ether oxygens (including phenoxy) is 1. The third kappa shape index (κ3) is 3.33. The van der Waals surface area contributed by atoms with Crippen molar-refractivity contribution in [2.75, 3.05) is 13.7 Å². The van der Waals surface area contributed by atoms with Gasteiger partial charge < -0.3 is 10.1 Å². The summed E-state index contributed by atoms with van der Waals surface area (Å²) in [7, 11) is 1.76. The monoisotopic (exact) mass is 299 g/mol. The van der Waals surface area contributed by atoms with Crippen LogP contribution in [-0.4, -0.2) is 25.3 Å². The van der Waals surface area contributed by atoms with Gasteiger partial charge in [0.2, 0.25) is 0 Å². The fourth-order valence-corrected chi connectivity index (χ4v) is 3.05. The van der Waals surface area contributed by atoms with E-state index in [4.69, 9.17) is 16.3 Å². The van der Waals surface area contributed by atoms with Gasteiger partial charge in [-0.25, -0.2) is 4.39 Å². The Morgan fingerprint density at radius 2 is 2.20 bits per heavy atom. The van der Waals surface area contributed by atoms with Gasteiger partial charge in [-0.05, 0) is 56.3 Å². The lowest BCUT2D eigenvalue weighted by molar-refractivity contribution is -0.0981. The molecule has 1 fully saturated rings. The number of benzene rings is 1. The summed E-state index contributed by atoms with van der Waals surface area (Å²) in [6.07, 6.45) is 4.96. The van der Waals surface area contributed by atoms with E-state index in [1.165, 1.54) is 12.5 Å². The summed E-state index contributed by atoms with van der Waals surface area (Å²) < 4.78 is 19.8. The van der Waals surface area contributed by atoms with Crippen molar-refractivity contribution < 1.29 is 9.13 Å². The summed E-state index contributed by atoms with van der Waals surface area (Å²) in [5, 5.41) is 3.97. The predicted molar refractivity (Wildman–Crippen MR) is 80.8 cm³/mol. The van der Waals surface area contributed by atoms with Crippen LogP contribution in [0.3, 0.4) is 0 Å². The third-order valence-electron chi connectivity index (χ3n) is 4.32. The molecule has 1 atom stereocenters. The largest absolute Gasteiger partial charge is 0.377 e. The summed E-state index contributed by atoms with van der Waals surface area (Å²) in [6, 6.07) is 5.06. The van der Waals surface area contributed by atoms with E-state index in [0.717, 1.165) is 25.8 Å². The molecule has 2 rings (SSSR count). The molecule has 0 saturated heterocycles. The molecule has 1 aromatic carbocycles. The SMILES string of the molecule is CCCNC(Cc1ccc(Cl)cc1F)C1(OC)CCC1. The van der Waals surface area contributed by atoms with Gasteiger partial charge in [0.05, 0.1) is 5.60 Å². The Balaban J connectivity index is 2.14. The van der Waals surface area contributed by atoms with Crippen molar-refractivity contribution in [3.8, 4) is 0 Å². The van der Waals surface area contributed by atoms with Crippen LogP contribution < -0.4 is 5.32 Å². The van der Waals surface area contributed by atoms with E-state index in [0.29, 0.717) is 17.0 Å². The first-order chi connectivity index (χ1) is 9.61. The van der Waals surface area contributed by atoms with Crippen molar-refractivity contribution in [1.82, 2.24) is 5.32 Å². The van der Waals surface area contributed by atoms with E-state index in [9.17, 15) is 4.39 Å². The lowest BCUT2D eigenvalue weighted by atomic mass is 9.72. The second-order valence-corrected chi connectivity index (χ2v) is 6.01. The van der Waals surface area contributed by atoms with Crippen molar-refractivity contribution in [3.63, 3.8) is 0 Å². The molecule has 0 aliphatic heterocycles. The molecule has 1 aliphatic rings. The quantitative estimate of drug-likeness (QED) is 0.823. The van der Waals surface area contributed by atoms with Crippen molar-refractivity contribution in [1.29, 1.82) is 0 Å². The molecule has 0 amide bonds. The van der Waals surface area contributed by atoms with Crippen LogP contribution in [0.4, 0.5) is 4.39 Å². The normalized spacial score (nSPS) is 18.6. The zero-order chi connectivity index (χ0) is 14.6. The third-order valence-corrected chi connectivity index (χ3v) is 4.56. The fraction of sp³-hybridized carbons (Fsp3) is 0.625. The molecular formula is C16H23ClFNO. The van der Waals surface area contributed by atoms with Crippen molar-refractivity contribution in [3.05, 3.63) is 34.6 Å². The maximum atomic E-state index is 14.0. The molecule has 0 aromatic heterocycles. The Kier molecular flexibility index (Phi) is 5.42. The van der Waals surface area contributed by atoms with E-state index in [2.05, 4.69) is 12.2 Å². The smallest absolute Gasteiger partial charge is 0.127 e.